The van der Waals surface area contributed by atoms with E-state index in [0.29, 0.717) is 34.0 Å². The molecule has 21 heavy (non-hydrogen) atoms. The molecule has 2 nitrogen and oxygen atoms in total. The van der Waals surface area contributed by atoms with Gasteiger partial charge >= 0.3 is 0 Å². The number of benzene rings is 2. The number of hydrogen-bond acceptors (Lipinski definition) is 2. The molecule has 0 saturated carbocycles. The van der Waals surface area contributed by atoms with Crippen molar-refractivity contribution in [1.82, 2.24) is 0 Å². The second kappa shape index (κ2) is 7.79. The highest BCUT2D eigenvalue weighted by Crippen LogP contribution is 2.29. The van der Waals surface area contributed by atoms with Crippen LogP contribution in [0.5, 0.6) is 5.75 Å². The van der Waals surface area contributed by atoms with Crippen molar-refractivity contribution in [1.29, 1.82) is 0 Å². The van der Waals surface area contributed by atoms with Gasteiger partial charge in [-0.15, -0.1) is 0 Å². The average molecular weight is 345 g/mol. The van der Waals surface area contributed by atoms with Gasteiger partial charge in [-0.2, -0.15) is 0 Å². The van der Waals surface area contributed by atoms with Crippen LogP contribution in [0, 0.1) is 0 Å². The summed E-state index contributed by atoms with van der Waals surface area (Å²) in [6.07, 6.45) is 0.946. The molecule has 2 aromatic carbocycles. The van der Waals surface area contributed by atoms with Crippen LogP contribution in [0.4, 0.5) is 5.69 Å². The van der Waals surface area contributed by atoms with Crippen LogP contribution in [0.3, 0.4) is 0 Å². The number of anilines is 1. The molecule has 1 N–H and O–H groups in total. The molecule has 0 spiro atoms. The molecule has 0 bridgehead atoms. The van der Waals surface area contributed by atoms with Gasteiger partial charge in [0.05, 0.1) is 11.6 Å². The monoisotopic (exact) mass is 343 g/mol. The summed E-state index contributed by atoms with van der Waals surface area (Å²) < 4.78 is 5.54. The number of hydrogen-bond donors (Lipinski definition) is 1. The summed E-state index contributed by atoms with van der Waals surface area (Å²) in [5, 5.41) is 5.13. The summed E-state index contributed by atoms with van der Waals surface area (Å²) in [4.78, 5) is 0. The quantitative estimate of drug-likeness (QED) is 0.689. The number of nitrogens with one attached hydrogen (secondary N) is 1. The summed E-state index contributed by atoms with van der Waals surface area (Å²) in [7, 11) is 0. The Morgan fingerprint density at radius 3 is 2.33 bits per heavy atom. The number of ether oxygens (including phenoxy) is 1. The second-order valence-corrected chi connectivity index (χ2v) is 5.77. The highest BCUT2D eigenvalue weighted by Gasteiger charge is 2.07. The van der Waals surface area contributed by atoms with Gasteiger partial charge < -0.3 is 10.1 Å². The van der Waals surface area contributed by atoms with E-state index >= 15 is 0 Å². The summed E-state index contributed by atoms with van der Waals surface area (Å²) >= 11 is 18.5. The fourth-order valence-electron chi connectivity index (χ4n) is 1.83. The molecule has 0 fully saturated rings. The van der Waals surface area contributed by atoms with Crippen LogP contribution in [-0.4, -0.2) is 6.61 Å². The zero-order valence-corrected chi connectivity index (χ0v) is 13.9. The third-order valence-electron chi connectivity index (χ3n) is 2.92. The van der Waals surface area contributed by atoms with Crippen LogP contribution >= 0.6 is 34.8 Å². The summed E-state index contributed by atoms with van der Waals surface area (Å²) in [5.41, 5.74) is 1.75. The van der Waals surface area contributed by atoms with E-state index in [9.17, 15) is 0 Å². The van der Waals surface area contributed by atoms with Gasteiger partial charge in [-0.1, -0.05) is 47.8 Å². The van der Waals surface area contributed by atoms with Crippen LogP contribution in [-0.2, 0) is 6.54 Å². The molecule has 112 valence electrons. The summed E-state index contributed by atoms with van der Waals surface area (Å²) in [5.74, 6) is 0.694. The molecule has 0 unspecified atom stereocenters. The van der Waals surface area contributed by atoms with E-state index in [4.69, 9.17) is 39.5 Å². The van der Waals surface area contributed by atoms with Gasteiger partial charge in [-0.3, -0.25) is 0 Å². The first kappa shape index (κ1) is 16.3. The lowest BCUT2D eigenvalue weighted by Gasteiger charge is -2.12. The Morgan fingerprint density at radius 1 is 1.00 bits per heavy atom. The predicted octanol–water partition coefficient (Wildman–Crippen LogP) is 6.05. The fraction of sp³-hybridized carbons (Fsp3) is 0.250. The summed E-state index contributed by atoms with van der Waals surface area (Å²) in [6.45, 7) is 3.24. The maximum absolute atomic E-state index is 6.19. The van der Waals surface area contributed by atoms with Gasteiger partial charge in [-0.25, -0.2) is 0 Å². The van der Waals surface area contributed by atoms with E-state index in [2.05, 4.69) is 12.2 Å². The first-order chi connectivity index (χ1) is 10.1. The number of rotatable bonds is 6. The molecule has 5 heteroatoms. The van der Waals surface area contributed by atoms with Crippen LogP contribution in [0.1, 0.15) is 18.9 Å². The lowest BCUT2D eigenvalue weighted by molar-refractivity contribution is 0.317. The Hall–Kier alpha value is -1.09. The lowest BCUT2D eigenvalue weighted by Crippen LogP contribution is -2.01. The van der Waals surface area contributed by atoms with Gasteiger partial charge in [0.2, 0.25) is 0 Å². The van der Waals surface area contributed by atoms with E-state index < -0.39 is 0 Å². The molecule has 0 aliphatic rings. The molecule has 0 aliphatic heterocycles. The van der Waals surface area contributed by atoms with Gasteiger partial charge in [0.1, 0.15) is 5.75 Å². The Bertz CT molecular complexity index is 596. The lowest BCUT2D eigenvalue weighted by atomic mass is 10.2. The fourth-order valence-corrected chi connectivity index (χ4v) is 2.60. The average Bonchev–Trinajstić information content (AvgIpc) is 2.46. The van der Waals surface area contributed by atoms with Crippen LogP contribution in [0.2, 0.25) is 15.1 Å². The third kappa shape index (κ3) is 4.44. The van der Waals surface area contributed by atoms with Crippen molar-refractivity contribution < 1.29 is 4.74 Å². The molecule has 0 aromatic heterocycles. The van der Waals surface area contributed by atoms with Crippen LogP contribution in [0.25, 0.3) is 0 Å². The minimum atomic E-state index is 0.532. The predicted molar refractivity (Wildman–Crippen MR) is 91.0 cm³/mol. The van der Waals surface area contributed by atoms with Gasteiger partial charge in [0, 0.05) is 27.8 Å². The Balaban J connectivity index is 2.05. The van der Waals surface area contributed by atoms with E-state index in [1.54, 1.807) is 0 Å². The van der Waals surface area contributed by atoms with Crippen LogP contribution < -0.4 is 10.1 Å². The van der Waals surface area contributed by atoms with Gasteiger partial charge in [-0.05, 0) is 36.8 Å². The van der Waals surface area contributed by atoms with Crippen molar-refractivity contribution in [3.8, 4) is 5.75 Å². The van der Waals surface area contributed by atoms with Crippen LogP contribution in [0.15, 0.2) is 36.4 Å². The highest BCUT2D eigenvalue weighted by atomic mass is 35.5. The van der Waals surface area contributed by atoms with E-state index in [1.807, 2.05) is 36.4 Å². The van der Waals surface area contributed by atoms with Crippen molar-refractivity contribution in [3.05, 3.63) is 57.0 Å². The highest BCUT2D eigenvalue weighted by molar-refractivity contribution is 6.36. The van der Waals surface area contributed by atoms with E-state index in [0.717, 1.165) is 17.7 Å². The molecule has 2 rings (SSSR count). The van der Waals surface area contributed by atoms with Crippen molar-refractivity contribution in [2.45, 2.75) is 19.9 Å². The molecule has 2 aromatic rings. The minimum Gasteiger partial charge on any atom is -0.492 e. The molecule has 0 aliphatic carbocycles. The first-order valence-corrected chi connectivity index (χ1v) is 7.84. The van der Waals surface area contributed by atoms with Crippen molar-refractivity contribution in [3.63, 3.8) is 0 Å². The molecular formula is C16H16Cl3NO. The molecule has 0 atom stereocenters. The molecule has 0 saturated heterocycles. The standard InChI is InChI=1S/C16H16Cl3NO/c1-2-8-21-16-7-6-11(9-15(16)19)20-10-12-13(17)4-3-5-14(12)18/h3-7,9,20H,2,8,10H2,1H3. The number of halogens is 3. The first-order valence-electron chi connectivity index (χ1n) is 6.71. The zero-order chi connectivity index (χ0) is 15.2. The topological polar surface area (TPSA) is 21.3 Å². The summed E-state index contributed by atoms with van der Waals surface area (Å²) in [6, 6.07) is 11.1. The molecule has 0 heterocycles. The molecule has 0 amide bonds. The Morgan fingerprint density at radius 2 is 1.71 bits per heavy atom. The maximum Gasteiger partial charge on any atom is 0.138 e. The maximum atomic E-state index is 6.19. The molecule has 0 radical (unpaired) electrons. The van der Waals surface area contributed by atoms with Gasteiger partial charge in [0.25, 0.3) is 0 Å². The Kier molecular flexibility index (Phi) is 6.04. The molecular weight excluding hydrogens is 329 g/mol. The van der Waals surface area contributed by atoms with E-state index in [1.165, 1.54) is 0 Å². The Labute approximate surface area is 140 Å². The van der Waals surface area contributed by atoms with Crippen molar-refractivity contribution in [2.75, 3.05) is 11.9 Å². The minimum absolute atomic E-state index is 0.532. The van der Waals surface area contributed by atoms with Gasteiger partial charge in [0.15, 0.2) is 0 Å². The van der Waals surface area contributed by atoms with Crippen molar-refractivity contribution >= 4 is 40.5 Å². The largest absolute Gasteiger partial charge is 0.492 e. The zero-order valence-electron chi connectivity index (χ0n) is 11.6. The SMILES string of the molecule is CCCOc1ccc(NCc2c(Cl)cccc2Cl)cc1Cl. The smallest absolute Gasteiger partial charge is 0.138 e. The van der Waals surface area contributed by atoms with E-state index in [-0.39, 0.29) is 0 Å². The second-order valence-electron chi connectivity index (χ2n) is 4.55. The van der Waals surface area contributed by atoms with Crippen molar-refractivity contribution in [2.24, 2.45) is 0 Å². The normalized spacial score (nSPS) is 10.5. The third-order valence-corrected chi connectivity index (χ3v) is 3.93.